The fourth-order valence-corrected chi connectivity index (χ4v) is 2.66. The first-order chi connectivity index (χ1) is 10.2. The van der Waals surface area contributed by atoms with Crippen LogP contribution in [0.5, 0.6) is 0 Å². The van der Waals surface area contributed by atoms with Gasteiger partial charge in [-0.2, -0.15) is 5.10 Å². The minimum atomic E-state index is -0.0493. The van der Waals surface area contributed by atoms with Gasteiger partial charge in [0.15, 0.2) is 0 Å². The van der Waals surface area contributed by atoms with Crippen molar-refractivity contribution >= 4 is 11.6 Å². The molecule has 0 aromatic carbocycles. The molecule has 21 heavy (non-hydrogen) atoms. The average molecular weight is 310 g/mol. The van der Waals surface area contributed by atoms with Crippen molar-refractivity contribution in [2.24, 2.45) is 0 Å². The molecule has 0 amide bonds. The number of nitrogens with zero attached hydrogens (tertiary/aromatic N) is 2. The van der Waals surface area contributed by atoms with Crippen LogP contribution in [0.1, 0.15) is 56.9 Å². The number of hydrogen-bond donors (Lipinski definition) is 1. The van der Waals surface area contributed by atoms with E-state index in [-0.39, 0.29) is 6.04 Å². The van der Waals surface area contributed by atoms with E-state index in [4.69, 9.17) is 16.0 Å². The minimum Gasteiger partial charge on any atom is -0.464 e. The Balaban J connectivity index is 2.37. The highest BCUT2D eigenvalue weighted by atomic mass is 35.5. The molecule has 116 valence electrons. The molecule has 0 spiro atoms. The lowest BCUT2D eigenvalue weighted by Gasteiger charge is -2.18. The number of halogens is 1. The molecule has 2 heterocycles. The van der Waals surface area contributed by atoms with E-state index in [0.29, 0.717) is 5.02 Å². The van der Waals surface area contributed by atoms with Crippen LogP contribution in [0, 0.1) is 0 Å². The number of hydrogen-bond acceptors (Lipinski definition) is 3. The third kappa shape index (κ3) is 3.69. The van der Waals surface area contributed by atoms with Crippen LogP contribution in [-0.2, 0) is 13.0 Å². The molecule has 0 bridgehead atoms. The van der Waals surface area contributed by atoms with E-state index in [2.05, 4.69) is 31.2 Å². The van der Waals surface area contributed by atoms with Gasteiger partial charge in [0.25, 0.3) is 0 Å². The smallest absolute Gasteiger partial charge is 0.127 e. The first-order valence-corrected chi connectivity index (χ1v) is 8.12. The molecule has 1 atom stereocenters. The Labute approximate surface area is 131 Å². The minimum absolute atomic E-state index is 0.0493. The van der Waals surface area contributed by atoms with Crippen molar-refractivity contribution in [1.29, 1.82) is 0 Å². The Morgan fingerprint density at radius 1 is 1.29 bits per heavy atom. The van der Waals surface area contributed by atoms with Crippen molar-refractivity contribution in [2.75, 3.05) is 6.54 Å². The molecule has 0 aliphatic rings. The van der Waals surface area contributed by atoms with Crippen LogP contribution in [0.3, 0.4) is 0 Å². The largest absolute Gasteiger partial charge is 0.464 e. The standard InChI is InChI=1S/C16H24ClN3O/c1-4-9-18-15(14-8-7-12(6-3)21-14)16-13(17)11-19-20(16)10-5-2/h7-8,11,15,18H,4-6,9-10H2,1-3H3. The van der Waals surface area contributed by atoms with Gasteiger partial charge in [0.05, 0.1) is 16.9 Å². The summed E-state index contributed by atoms with van der Waals surface area (Å²) in [7, 11) is 0. The summed E-state index contributed by atoms with van der Waals surface area (Å²) >= 11 is 6.38. The zero-order chi connectivity index (χ0) is 15.2. The predicted molar refractivity (Wildman–Crippen MR) is 85.8 cm³/mol. The van der Waals surface area contributed by atoms with Crippen LogP contribution in [0.4, 0.5) is 0 Å². The van der Waals surface area contributed by atoms with Crippen molar-refractivity contribution in [3.8, 4) is 0 Å². The fourth-order valence-electron chi connectivity index (χ4n) is 2.41. The molecule has 0 aliphatic carbocycles. The Morgan fingerprint density at radius 3 is 2.71 bits per heavy atom. The first kappa shape index (κ1) is 16.1. The maximum atomic E-state index is 6.38. The van der Waals surface area contributed by atoms with Crippen LogP contribution in [-0.4, -0.2) is 16.3 Å². The maximum Gasteiger partial charge on any atom is 0.127 e. The van der Waals surface area contributed by atoms with Crippen molar-refractivity contribution < 1.29 is 4.42 Å². The van der Waals surface area contributed by atoms with Gasteiger partial charge in [-0.15, -0.1) is 0 Å². The molecule has 2 rings (SSSR count). The third-order valence-corrected chi connectivity index (χ3v) is 3.75. The summed E-state index contributed by atoms with van der Waals surface area (Å²) in [6.45, 7) is 8.13. The number of nitrogens with one attached hydrogen (secondary N) is 1. The van der Waals surface area contributed by atoms with Crippen molar-refractivity contribution in [2.45, 2.75) is 52.6 Å². The lowest BCUT2D eigenvalue weighted by molar-refractivity contribution is 0.405. The lowest BCUT2D eigenvalue weighted by atomic mass is 10.1. The van der Waals surface area contributed by atoms with E-state index in [9.17, 15) is 0 Å². The summed E-state index contributed by atoms with van der Waals surface area (Å²) in [5, 5.41) is 8.60. The summed E-state index contributed by atoms with van der Waals surface area (Å²) in [4.78, 5) is 0. The van der Waals surface area contributed by atoms with Crippen molar-refractivity contribution in [1.82, 2.24) is 15.1 Å². The summed E-state index contributed by atoms with van der Waals surface area (Å²) in [6, 6.07) is 4.02. The molecule has 5 heteroatoms. The molecule has 4 nitrogen and oxygen atoms in total. The van der Waals surface area contributed by atoms with Crippen molar-refractivity contribution in [3.05, 3.63) is 40.6 Å². The number of rotatable bonds is 8. The van der Waals surface area contributed by atoms with Crippen LogP contribution in [0.2, 0.25) is 5.02 Å². The predicted octanol–water partition coefficient (Wildman–Crippen LogP) is 4.19. The molecule has 0 radical (unpaired) electrons. The second-order valence-corrected chi connectivity index (χ2v) is 5.55. The zero-order valence-corrected chi connectivity index (χ0v) is 13.8. The van der Waals surface area contributed by atoms with Gasteiger partial charge in [-0.3, -0.25) is 4.68 Å². The molecule has 1 unspecified atom stereocenters. The van der Waals surface area contributed by atoms with E-state index in [1.165, 1.54) is 0 Å². The summed E-state index contributed by atoms with van der Waals surface area (Å²) < 4.78 is 7.92. The fraction of sp³-hybridized carbons (Fsp3) is 0.562. The highest BCUT2D eigenvalue weighted by molar-refractivity contribution is 6.31. The van der Waals surface area contributed by atoms with E-state index < -0.39 is 0 Å². The maximum absolute atomic E-state index is 6.38. The Bertz CT molecular complexity index is 562. The van der Waals surface area contributed by atoms with Gasteiger partial charge in [-0.25, -0.2) is 0 Å². The molecule has 0 saturated carbocycles. The first-order valence-electron chi connectivity index (χ1n) is 7.74. The molecule has 2 aromatic heterocycles. The molecule has 0 saturated heterocycles. The quantitative estimate of drug-likeness (QED) is 0.795. The summed E-state index contributed by atoms with van der Waals surface area (Å²) in [5.74, 6) is 1.89. The van der Waals surface area contributed by atoms with Crippen molar-refractivity contribution in [3.63, 3.8) is 0 Å². The van der Waals surface area contributed by atoms with Gasteiger partial charge in [0, 0.05) is 13.0 Å². The second-order valence-electron chi connectivity index (χ2n) is 5.15. The molecular formula is C16H24ClN3O. The van der Waals surface area contributed by atoms with Gasteiger partial charge in [-0.1, -0.05) is 32.4 Å². The van der Waals surface area contributed by atoms with Gasteiger partial charge in [0.2, 0.25) is 0 Å². The SMILES string of the molecule is CCCNC(c1ccc(CC)o1)c1c(Cl)cnn1CCC. The van der Waals surface area contributed by atoms with Gasteiger partial charge < -0.3 is 9.73 Å². The van der Waals surface area contributed by atoms with E-state index in [1.54, 1.807) is 6.20 Å². The van der Waals surface area contributed by atoms with E-state index >= 15 is 0 Å². The van der Waals surface area contributed by atoms with Crippen LogP contribution >= 0.6 is 11.6 Å². The monoisotopic (exact) mass is 309 g/mol. The van der Waals surface area contributed by atoms with E-state index in [1.807, 2.05) is 16.8 Å². The number of aryl methyl sites for hydroxylation is 2. The molecule has 1 N–H and O–H groups in total. The normalized spacial score (nSPS) is 12.8. The van der Waals surface area contributed by atoms with Gasteiger partial charge >= 0.3 is 0 Å². The Kier molecular flexibility index (Phi) is 5.88. The Morgan fingerprint density at radius 2 is 2.10 bits per heavy atom. The van der Waals surface area contributed by atoms with E-state index in [0.717, 1.165) is 49.6 Å². The number of aromatic nitrogens is 2. The van der Waals surface area contributed by atoms with Crippen LogP contribution in [0.25, 0.3) is 0 Å². The molecule has 0 fully saturated rings. The third-order valence-electron chi connectivity index (χ3n) is 3.46. The van der Waals surface area contributed by atoms with Crippen LogP contribution in [0.15, 0.2) is 22.7 Å². The topological polar surface area (TPSA) is 43.0 Å². The Hall–Kier alpha value is -1.26. The second kappa shape index (κ2) is 7.66. The zero-order valence-electron chi connectivity index (χ0n) is 13.0. The summed E-state index contributed by atoms with van der Waals surface area (Å²) in [5.41, 5.74) is 0.990. The molecule has 2 aromatic rings. The lowest BCUT2D eigenvalue weighted by Crippen LogP contribution is -2.26. The highest BCUT2D eigenvalue weighted by Gasteiger charge is 2.24. The average Bonchev–Trinajstić information content (AvgIpc) is 3.09. The number of furan rings is 1. The van der Waals surface area contributed by atoms with Gasteiger partial charge in [0.1, 0.15) is 17.6 Å². The molecule has 0 aliphatic heterocycles. The summed E-state index contributed by atoms with van der Waals surface area (Å²) in [6.07, 6.45) is 4.68. The molecular weight excluding hydrogens is 286 g/mol. The van der Waals surface area contributed by atoms with Gasteiger partial charge in [-0.05, 0) is 31.5 Å². The highest BCUT2D eigenvalue weighted by Crippen LogP contribution is 2.30. The van der Waals surface area contributed by atoms with Crippen LogP contribution < -0.4 is 5.32 Å².